The summed E-state index contributed by atoms with van der Waals surface area (Å²) >= 11 is 0. The second kappa shape index (κ2) is 4.66. The molecule has 1 aromatic rings. The molecule has 0 aliphatic carbocycles. The van der Waals surface area contributed by atoms with Crippen molar-refractivity contribution >= 4 is 0 Å². The zero-order chi connectivity index (χ0) is 11.5. The van der Waals surface area contributed by atoms with Crippen molar-refractivity contribution < 1.29 is 13.2 Å². The van der Waals surface area contributed by atoms with Crippen molar-refractivity contribution in [3.05, 3.63) is 35.9 Å². The molecule has 0 aliphatic heterocycles. The van der Waals surface area contributed by atoms with Gasteiger partial charge in [0.05, 0.1) is 0 Å². The van der Waals surface area contributed by atoms with Gasteiger partial charge in [-0.1, -0.05) is 30.3 Å². The molecule has 0 atom stereocenters. The van der Waals surface area contributed by atoms with E-state index in [1.54, 1.807) is 30.3 Å². The van der Waals surface area contributed by atoms with Crippen molar-refractivity contribution in [1.82, 2.24) is 4.90 Å². The fourth-order valence-electron chi connectivity index (χ4n) is 1.35. The normalized spacial score (nSPS) is 12.5. The van der Waals surface area contributed by atoms with E-state index in [4.69, 9.17) is 0 Å². The van der Waals surface area contributed by atoms with Gasteiger partial charge < -0.3 is 0 Å². The molecule has 15 heavy (non-hydrogen) atoms. The molecule has 0 saturated carbocycles. The van der Waals surface area contributed by atoms with Gasteiger partial charge >= 0.3 is 6.30 Å². The van der Waals surface area contributed by atoms with Gasteiger partial charge in [-0.25, -0.2) is 4.90 Å². The highest BCUT2D eigenvalue weighted by molar-refractivity contribution is 5.14. The minimum atomic E-state index is -4.27. The van der Waals surface area contributed by atoms with Crippen LogP contribution in [0.5, 0.6) is 0 Å². The average Bonchev–Trinajstić information content (AvgIpc) is 2.13. The summed E-state index contributed by atoms with van der Waals surface area (Å²) in [5.41, 5.74) is 0.670. The molecule has 1 aromatic carbocycles. The Hall–Kier alpha value is -1.03. The van der Waals surface area contributed by atoms with Gasteiger partial charge in [0.2, 0.25) is 0 Å². The van der Waals surface area contributed by atoms with E-state index in [-0.39, 0.29) is 6.54 Å². The fourth-order valence-corrected chi connectivity index (χ4v) is 1.35. The third-order valence-electron chi connectivity index (χ3n) is 2.14. The van der Waals surface area contributed by atoms with E-state index in [2.05, 4.69) is 0 Å². The summed E-state index contributed by atoms with van der Waals surface area (Å²) in [5.74, 6) is 0. The molecule has 0 aromatic heterocycles. The summed E-state index contributed by atoms with van der Waals surface area (Å²) in [6.45, 7) is 2.98. The van der Waals surface area contributed by atoms with Crippen LogP contribution in [0.1, 0.15) is 19.4 Å². The quantitative estimate of drug-likeness (QED) is 0.701. The number of nitrogens with zero attached hydrogens (tertiary/aromatic N) is 1. The Kier molecular flexibility index (Phi) is 3.74. The van der Waals surface area contributed by atoms with Gasteiger partial charge in [-0.05, 0) is 19.4 Å². The Labute approximate surface area is 87.5 Å². The number of alkyl halides is 3. The summed E-state index contributed by atoms with van der Waals surface area (Å²) in [4.78, 5) is 0.516. The van der Waals surface area contributed by atoms with Gasteiger partial charge in [0.15, 0.2) is 0 Å². The van der Waals surface area contributed by atoms with Crippen molar-refractivity contribution in [2.45, 2.75) is 32.7 Å². The van der Waals surface area contributed by atoms with E-state index in [1.165, 1.54) is 13.8 Å². The highest BCUT2D eigenvalue weighted by Gasteiger charge is 2.38. The second-order valence-electron chi connectivity index (χ2n) is 3.68. The first kappa shape index (κ1) is 12.0. The molecule has 0 spiro atoms. The van der Waals surface area contributed by atoms with Crippen LogP contribution in [0, 0.1) is 0 Å². The molecule has 0 fully saturated rings. The lowest BCUT2D eigenvalue weighted by atomic mass is 10.2. The summed E-state index contributed by atoms with van der Waals surface area (Å²) in [7, 11) is 0. The SMILES string of the molecule is CC(C)N(Cc1ccccc1)C(F)(F)F. The highest BCUT2D eigenvalue weighted by atomic mass is 19.4. The van der Waals surface area contributed by atoms with E-state index in [9.17, 15) is 13.2 Å². The van der Waals surface area contributed by atoms with E-state index < -0.39 is 12.3 Å². The Morgan fingerprint density at radius 2 is 1.67 bits per heavy atom. The minimum Gasteiger partial charge on any atom is -0.208 e. The second-order valence-corrected chi connectivity index (χ2v) is 3.68. The third kappa shape index (κ3) is 3.55. The van der Waals surface area contributed by atoms with Crippen LogP contribution in [-0.2, 0) is 6.54 Å². The summed E-state index contributed by atoms with van der Waals surface area (Å²) in [6.07, 6.45) is -4.27. The monoisotopic (exact) mass is 217 g/mol. The van der Waals surface area contributed by atoms with Crippen LogP contribution in [0.25, 0.3) is 0 Å². The predicted molar refractivity (Wildman–Crippen MR) is 53.2 cm³/mol. The van der Waals surface area contributed by atoms with Crippen molar-refractivity contribution in [3.8, 4) is 0 Å². The standard InChI is InChI=1S/C11H14F3N/c1-9(2)15(11(12,13)14)8-10-6-4-3-5-7-10/h3-7,9H,8H2,1-2H3. The molecule has 0 saturated heterocycles. The Balaban J connectivity index is 2.77. The van der Waals surface area contributed by atoms with Gasteiger partial charge in [-0.3, -0.25) is 0 Å². The topological polar surface area (TPSA) is 3.24 Å². The van der Waals surface area contributed by atoms with E-state index in [1.807, 2.05) is 0 Å². The zero-order valence-electron chi connectivity index (χ0n) is 8.75. The van der Waals surface area contributed by atoms with Gasteiger partial charge in [-0.15, -0.1) is 0 Å². The molecule has 1 rings (SSSR count). The van der Waals surface area contributed by atoms with E-state index in [0.717, 1.165) is 0 Å². The molecule has 0 radical (unpaired) electrons. The first-order chi connectivity index (χ1) is 6.91. The third-order valence-corrected chi connectivity index (χ3v) is 2.14. The lowest BCUT2D eigenvalue weighted by Crippen LogP contribution is -2.42. The summed E-state index contributed by atoms with van der Waals surface area (Å²) in [5, 5.41) is 0. The van der Waals surface area contributed by atoms with Gasteiger partial charge in [0, 0.05) is 12.6 Å². The molecule has 84 valence electrons. The lowest BCUT2D eigenvalue weighted by molar-refractivity contribution is -0.259. The van der Waals surface area contributed by atoms with Gasteiger partial charge in [-0.2, -0.15) is 13.2 Å². The van der Waals surface area contributed by atoms with E-state index in [0.29, 0.717) is 10.5 Å². The number of halogens is 3. The Morgan fingerprint density at radius 1 is 1.13 bits per heavy atom. The molecule has 0 amide bonds. The molecule has 0 bridgehead atoms. The van der Waals surface area contributed by atoms with Crippen molar-refractivity contribution in [2.24, 2.45) is 0 Å². The van der Waals surface area contributed by atoms with Crippen molar-refractivity contribution in [1.29, 1.82) is 0 Å². The number of benzene rings is 1. The minimum absolute atomic E-state index is 0.0952. The van der Waals surface area contributed by atoms with Crippen LogP contribution in [-0.4, -0.2) is 17.2 Å². The van der Waals surface area contributed by atoms with Gasteiger partial charge in [0.1, 0.15) is 0 Å². The first-order valence-corrected chi connectivity index (χ1v) is 4.78. The van der Waals surface area contributed by atoms with E-state index >= 15 is 0 Å². The first-order valence-electron chi connectivity index (χ1n) is 4.78. The Morgan fingerprint density at radius 3 is 2.07 bits per heavy atom. The molecular weight excluding hydrogens is 203 g/mol. The van der Waals surface area contributed by atoms with Crippen LogP contribution < -0.4 is 0 Å². The van der Waals surface area contributed by atoms with Crippen LogP contribution >= 0.6 is 0 Å². The van der Waals surface area contributed by atoms with Crippen molar-refractivity contribution in [3.63, 3.8) is 0 Å². The molecule has 1 nitrogen and oxygen atoms in total. The molecule has 0 unspecified atom stereocenters. The predicted octanol–water partition coefficient (Wildman–Crippen LogP) is 3.42. The molecular formula is C11H14F3N. The average molecular weight is 217 g/mol. The molecule has 4 heteroatoms. The van der Waals surface area contributed by atoms with Crippen molar-refractivity contribution in [2.75, 3.05) is 0 Å². The molecule has 0 aliphatic rings. The highest BCUT2D eigenvalue weighted by Crippen LogP contribution is 2.25. The maximum Gasteiger partial charge on any atom is 0.460 e. The number of rotatable bonds is 3. The number of hydrogen-bond donors (Lipinski definition) is 0. The molecule has 0 heterocycles. The molecule has 0 N–H and O–H groups in total. The van der Waals surface area contributed by atoms with Gasteiger partial charge in [0.25, 0.3) is 0 Å². The summed E-state index contributed by atoms with van der Waals surface area (Å²) in [6, 6.07) is 8.11. The lowest BCUT2D eigenvalue weighted by Gasteiger charge is -2.28. The summed E-state index contributed by atoms with van der Waals surface area (Å²) < 4.78 is 37.7. The maximum atomic E-state index is 12.6. The van der Waals surface area contributed by atoms with Crippen LogP contribution in [0.3, 0.4) is 0 Å². The number of hydrogen-bond acceptors (Lipinski definition) is 1. The fraction of sp³-hybridized carbons (Fsp3) is 0.455. The van der Waals surface area contributed by atoms with Crippen LogP contribution in [0.15, 0.2) is 30.3 Å². The van der Waals surface area contributed by atoms with Crippen LogP contribution in [0.2, 0.25) is 0 Å². The largest absolute Gasteiger partial charge is 0.460 e. The zero-order valence-corrected chi connectivity index (χ0v) is 8.75. The maximum absolute atomic E-state index is 12.6. The smallest absolute Gasteiger partial charge is 0.208 e. The Bertz CT molecular complexity index is 292. The van der Waals surface area contributed by atoms with Crippen LogP contribution in [0.4, 0.5) is 13.2 Å².